The third-order valence-electron chi connectivity index (χ3n) is 4.44. The summed E-state index contributed by atoms with van der Waals surface area (Å²) in [7, 11) is 1.84. The number of aromatic nitrogens is 3. The van der Waals surface area contributed by atoms with Crippen molar-refractivity contribution in [3.63, 3.8) is 0 Å². The summed E-state index contributed by atoms with van der Waals surface area (Å²) < 4.78 is 1.72. The Kier molecular flexibility index (Phi) is 4.38. The van der Waals surface area contributed by atoms with E-state index in [9.17, 15) is 4.79 Å². The van der Waals surface area contributed by atoms with Crippen LogP contribution >= 0.6 is 11.6 Å². The molecule has 0 saturated heterocycles. The van der Waals surface area contributed by atoms with Crippen molar-refractivity contribution in [3.8, 4) is 11.3 Å². The molecule has 2 aromatic carbocycles. The average Bonchev–Trinajstić information content (AvgIpc) is 2.97. The number of hydrogen-bond acceptors (Lipinski definition) is 3. The number of pyridine rings is 1. The molecule has 27 heavy (non-hydrogen) atoms. The lowest BCUT2D eigenvalue weighted by Crippen LogP contribution is -2.13. The van der Waals surface area contributed by atoms with Gasteiger partial charge in [-0.25, -0.2) is 4.98 Å². The minimum Gasteiger partial charge on any atom is -0.305 e. The summed E-state index contributed by atoms with van der Waals surface area (Å²) in [5, 5.41) is 8.59. The van der Waals surface area contributed by atoms with Gasteiger partial charge in [-0.1, -0.05) is 41.9 Å². The Hall–Kier alpha value is -3.18. The maximum atomic E-state index is 13.0. The molecule has 0 aliphatic carbocycles. The predicted molar refractivity (Wildman–Crippen MR) is 108 cm³/mol. The first-order valence-electron chi connectivity index (χ1n) is 8.49. The standard InChI is InChI=1S/C21H17ClN4O/c1-13-10-20(25-26(13)2)24-21(27)17-12-19(14-6-5-7-15(22)11-14)23-18-9-4-3-8-16(17)18/h3-12H,1-2H3,(H,24,25,27). The van der Waals surface area contributed by atoms with Crippen molar-refractivity contribution in [1.82, 2.24) is 14.8 Å². The van der Waals surface area contributed by atoms with E-state index < -0.39 is 0 Å². The fourth-order valence-corrected chi connectivity index (χ4v) is 3.15. The predicted octanol–water partition coefficient (Wildman–Crippen LogP) is 4.85. The highest BCUT2D eigenvalue weighted by atomic mass is 35.5. The number of nitrogens with one attached hydrogen (secondary N) is 1. The van der Waals surface area contributed by atoms with Gasteiger partial charge in [-0.05, 0) is 31.2 Å². The number of halogens is 1. The number of benzene rings is 2. The zero-order valence-electron chi connectivity index (χ0n) is 14.9. The molecule has 1 amide bonds. The average molecular weight is 377 g/mol. The maximum absolute atomic E-state index is 13.0. The lowest BCUT2D eigenvalue weighted by Gasteiger charge is -2.10. The van der Waals surface area contributed by atoms with Crippen LogP contribution in [-0.4, -0.2) is 20.7 Å². The van der Waals surface area contributed by atoms with Gasteiger partial charge in [-0.15, -0.1) is 0 Å². The molecule has 134 valence electrons. The summed E-state index contributed by atoms with van der Waals surface area (Å²) in [5.41, 5.74) is 3.80. The molecule has 0 atom stereocenters. The normalized spacial score (nSPS) is 10.9. The molecule has 5 nitrogen and oxygen atoms in total. The molecule has 4 aromatic rings. The third kappa shape index (κ3) is 3.41. The summed E-state index contributed by atoms with van der Waals surface area (Å²) in [4.78, 5) is 17.7. The zero-order valence-corrected chi connectivity index (χ0v) is 15.7. The molecular weight excluding hydrogens is 360 g/mol. The van der Waals surface area contributed by atoms with Gasteiger partial charge in [0.1, 0.15) is 0 Å². The minimum absolute atomic E-state index is 0.227. The van der Waals surface area contributed by atoms with Crippen LogP contribution in [0.1, 0.15) is 16.1 Å². The second-order valence-corrected chi connectivity index (χ2v) is 6.77. The van der Waals surface area contributed by atoms with Crippen LogP contribution in [0, 0.1) is 6.92 Å². The molecule has 2 aromatic heterocycles. The van der Waals surface area contributed by atoms with Crippen LogP contribution in [0.15, 0.2) is 60.7 Å². The highest BCUT2D eigenvalue weighted by Gasteiger charge is 2.15. The Balaban J connectivity index is 1.81. The molecule has 0 aliphatic rings. The lowest BCUT2D eigenvalue weighted by molar-refractivity contribution is 0.102. The molecular formula is C21H17ClN4O. The first kappa shape index (κ1) is 17.2. The topological polar surface area (TPSA) is 59.8 Å². The first-order chi connectivity index (χ1) is 13.0. The van der Waals surface area contributed by atoms with Crippen molar-refractivity contribution in [1.29, 1.82) is 0 Å². The molecule has 0 aliphatic heterocycles. The van der Waals surface area contributed by atoms with Gasteiger partial charge in [0.15, 0.2) is 5.82 Å². The third-order valence-corrected chi connectivity index (χ3v) is 4.67. The Morgan fingerprint density at radius 2 is 1.89 bits per heavy atom. The van der Waals surface area contributed by atoms with Crippen molar-refractivity contribution in [2.24, 2.45) is 7.05 Å². The summed E-state index contributed by atoms with van der Waals surface area (Å²) in [6.45, 7) is 1.93. The van der Waals surface area contributed by atoms with Crippen molar-refractivity contribution in [3.05, 3.63) is 76.9 Å². The summed E-state index contributed by atoms with van der Waals surface area (Å²) in [6, 6.07) is 18.6. The summed E-state index contributed by atoms with van der Waals surface area (Å²) in [5.74, 6) is 0.292. The zero-order chi connectivity index (χ0) is 19.0. The molecule has 0 bridgehead atoms. The number of amides is 1. The van der Waals surface area contributed by atoms with Crippen LogP contribution in [0.3, 0.4) is 0 Å². The fraction of sp³-hybridized carbons (Fsp3) is 0.0952. The number of carbonyl (C=O) groups excluding carboxylic acids is 1. The molecule has 0 unspecified atom stereocenters. The van der Waals surface area contributed by atoms with Crippen LogP contribution in [-0.2, 0) is 7.05 Å². The Morgan fingerprint density at radius 3 is 2.63 bits per heavy atom. The van der Waals surface area contributed by atoms with Gasteiger partial charge in [0.05, 0.1) is 16.8 Å². The number of aryl methyl sites for hydroxylation is 2. The van der Waals surface area contributed by atoms with Gasteiger partial charge in [-0.2, -0.15) is 5.10 Å². The van der Waals surface area contributed by atoms with Crippen LogP contribution < -0.4 is 5.32 Å². The number of hydrogen-bond donors (Lipinski definition) is 1. The molecule has 0 saturated carbocycles. The van der Waals surface area contributed by atoms with E-state index in [1.54, 1.807) is 10.7 Å². The quantitative estimate of drug-likeness (QED) is 0.556. The Labute approximate surface area is 161 Å². The van der Waals surface area contributed by atoms with Crippen molar-refractivity contribution in [2.45, 2.75) is 6.92 Å². The highest BCUT2D eigenvalue weighted by Crippen LogP contribution is 2.27. The summed E-state index contributed by atoms with van der Waals surface area (Å²) in [6.07, 6.45) is 0. The van der Waals surface area contributed by atoms with Gasteiger partial charge in [0, 0.05) is 34.8 Å². The van der Waals surface area contributed by atoms with Crippen LogP contribution in [0.4, 0.5) is 5.82 Å². The van der Waals surface area contributed by atoms with Crippen LogP contribution in [0.25, 0.3) is 22.2 Å². The number of fused-ring (bicyclic) bond motifs is 1. The van der Waals surface area contributed by atoms with Gasteiger partial charge in [-0.3, -0.25) is 9.48 Å². The Bertz CT molecular complexity index is 1150. The second kappa shape index (κ2) is 6.85. The van der Waals surface area contributed by atoms with E-state index in [0.717, 1.165) is 22.2 Å². The van der Waals surface area contributed by atoms with Crippen molar-refractivity contribution < 1.29 is 4.79 Å². The fourth-order valence-electron chi connectivity index (χ4n) is 2.96. The first-order valence-corrected chi connectivity index (χ1v) is 8.87. The van der Waals surface area contributed by atoms with Crippen molar-refractivity contribution in [2.75, 3.05) is 5.32 Å². The molecule has 6 heteroatoms. The number of nitrogens with zero attached hydrogens (tertiary/aromatic N) is 3. The lowest BCUT2D eigenvalue weighted by atomic mass is 10.0. The van der Waals surface area contributed by atoms with Gasteiger partial charge < -0.3 is 5.32 Å². The molecule has 0 radical (unpaired) electrons. The van der Waals surface area contributed by atoms with Gasteiger partial charge in [0.2, 0.25) is 0 Å². The van der Waals surface area contributed by atoms with E-state index in [4.69, 9.17) is 16.6 Å². The monoisotopic (exact) mass is 376 g/mol. The molecule has 0 fully saturated rings. The molecule has 0 spiro atoms. The van der Waals surface area contributed by atoms with Gasteiger partial charge >= 0.3 is 0 Å². The van der Waals surface area contributed by atoms with Crippen LogP contribution in [0.5, 0.6) is 0 Å². The second-order valence-electron chi connectivity index (χ2n) is 6.33. The number of para-hydroxylation sites is 1. The number of anilines is 1. The van der Waals surface area contributed by atoms with E-state index in [1.807, 2.05) is 68.6 Å². The SMILES string of the molecule is Cc1cc(NC(=O)c2cc(-c3cccc(Cl)c3)nc3ccccc23)nn1C. The largest absolute Gasteiger partial charge is 0.305 e. The van der Waals surface area contributed by atoms with Crippen molar-refractivity contribution >= 4 is 34.2 Å². The molecule has 2 heterocycles. The van der Waals surface area contributed by atoms with E-state index >= 15 is 0 Å². The smallest absolute Gasteiger partial charge is 0.257 e. The number of carbonyl (C=O) groups is 1. The van der Waals surface area contributed by atoms with Gasteiger partial charge in [0.25, 0.3) is 5.91 Å². The summed E-state index contributed by atoms with van der Waals surface area (Å²) >= 11 is 6.12. The minimum atomic E-state index is -0.227. The molecule has 1 N–H and O–H groups in total. The van der Waals surface area contributed by atoms with Crippen LogP contribution in [0.2, 0.25) is 5.02 Å². The molecule has 4 rings (SSSR count). The maximum Gasteiger partial charge on any atom is 0.257 e. The van der Waals surface area contributed by atoms with E-state index in [1.165, 1.54) is 0 Å². The van der Waals surface area contributed by atoms with E-state index in [0.29, 0.717) is 22.1 Å². The van der Waals surface area contributed by atoms with E-state index in [2.05, 4.69) is 10.4 Å². The number of rotatable bonds is 3. The van der Waals surface area contributed by atoms with E-state index in [-0.39, 0.29) is 5.91 Å². The highest BCUT2D eigenvalue weighted by molar-refractivity contribution is 6.30. The Morgan fingerprint density at radius 1 is 1.07 bits per heavy atom.